The van der Waals surface area contributed by atoms with Gasteiger partial charge < -0.3 is 27.5 Å². The highest BCUT2D eigenvalue weighted by molar-refractivity contribution is 6.19. The van der Waals surface area contributed by atoms with Crippen LogP contribution in [0.1, 0.15) is 0 Å². The predicted octanol–water partition coefficient (Wildman–Crippen LogP) is 25.3. The van der Waals surface area contributed by atoms with E-state index in [9.17, 15) is 0 Å². The summed E-state index contributed by atoms with van der Waals surface area (Å²) in [5.41, 5.74) is 17.2. The Morgan fingerprint density at radius 2 is 0.478 bits per heavy atom. The molecule has 0 N–H and O–H groups in total. The van der Waals surface area contributed by atoms with Crippen molar-refractivity contribution < 1.29 is 17.7 Å². The largest absolute Gasteiger partial charge is 0.456 e. The van der Waals surface area contributed by atoms with Crippen molar-refractivity contribution in [1.29, 1.82) is 0 Å². The smallest absolute Gasteiger partial charge is 0.143 e. The first-order chi connectivity index (χ1) is 45.5. The second-order valence-electron chi connectivity index (χ2n) is 24.3. The lowest BCUT2D eigenvalue weighted by molar-refractivity contribution is 0.668. The molecule has 0 bridgehead atoms. The van der Waals surface area contributed by atoms with E-state index in [0.29, 0.717) is 0 Å². The highest BCUT2D eigenvalue weighted by atomic mass is 16.3. The molecule has 20 rings (SSSR count). The molecule has 428 valence electrons. The maximum atomic E-state index is 6.92. The van der Waals surface area contributed by atoms with Crippen LogP contribution >= 0.6 is 0 Å². The normalized spacial score (nSPS) is 12.1. The molecule has 0 radical (unpaired) electrons. The topological polar surface area (TPSA) is 59.0 Å². The first kappa shape index (κ1) is 50.6. The SMILES string of the molecule is c1ccc2c(-c3ccc(N(c4ccc5c(c4)oc4cc6cc7oc8cc(N(c9ccc(-c%10cccc%11ccccc%10%11)cc9)c9ccc%10c(c9)oc9c%11ccccc%11ccc%109)ccc8c7cc6cc45)c4ccc5c(c4)oc4c6ccccc6ccc54)cc3)cccc2c1. The summed E-state index contributed by atoms with van der Waals surface area (Å²) in [6, 6.07) is 109. The highest BCUT2D eigenvalue weighted by Crippen LogP contribution is 2.47. The molecule has 0 amide bonds. The monoisotopic (exact) mass is 1170 g/mol. The molecular weight excluding hydrogens is 1120 g/mol. The van der Waals surface area contributed by atoms with Crippen molar-refractivity contribution >= 4 is 176 Å². The van der Waals surface area contributed by atoms with E-state index in [-0.39, 0.29) is 0 Å². The van der Waals surface area contributed by atoms with Crippen LogP contribution in [0, 0.1) is 0 Å². The molecule has 0 atom stereocenters. The van der Waals surface area contributed by atoms with Crippen LogP contribution in [0.2, 0.25) is 0 Å². The van der Waals surface area contributed by atoms with Crippen molar-refractivity contribution in [2.24, 2.45) is 0 Å². The van der Waals surface area contributed by atoms with E-state index < -0.39 is 0 Å². The van der Waals surface area contributed by atoms with Crippen LogP contribution in [0.15, 0.2) is 321 Å². The molecule has 0 aliphatic rings. The Hall–Kier alpha value is -12.4. The fourth-order valence-electron chi connectivity index (χ4n) is 14.7. The van der Waals surface area contributed by atoms with E-state index in [1.807, 2.05) is 0 Å². The summed E-state index contributed by atoms with van der Waals surface area (Å²) < 4.78 is 27.4. The Morgan fingerprint density at radius 3 is 0.891 bits per heavy atom. The van der Waals surface area contributed by atoms with Crippen molar-refractivity contribution in [2.75, 3.05) is 9.80 Å². The zero-order chi connectivity index (χ0) is 60.1. The van der Waals surface area contributed by atoms with Crippen molar-refractivity contribution in [3.05, 3.63) is 303 Å². The number of rotatable bonds is 8. The Kier molecular flexibility index (Phi) is 10.8. The van der Waals surface area contributed by atoms with Gasteiger partial charge in [-0.2, -0.15) is 0 Å². The molecule has 92 heavy (non-hydrogen) atoms. The molecule has 0 aliphatic carbocycles. The molecule has 6 nitrogen and oxygen atoms in total. The summed E-state index contributed by atoms with van der Waals surface area (Å²) in [4.78, 5) is 4.60. The molecule has 4 aromatic heterocycles. The van der Waals surface area contributed by atoms with E-state index in [1.165, 1.54) is 32.7 Å². The lowest BCUT2D eigenvalue weighted by atomic mass is 9.98. The van der Waals surface area contributed by atoms with Crippen LogP contribution in [0.5, 0.6) is 0 Å². The third kappa shape index (κ3) is 7.81. The average Bonchev–Trinajstić information content (AvgIpc) is 1.61. The molecule has 4 heterocycles. The molecule has 20 aromatic rings. The number of hydrogen-bond donors (Lipinski definition) is 0. The second-order valence-corrected chi connectivity index (χ2v) is 24.3. The summed E-state index contributed by atoms with van der Waals surface area (Å²) in [6.45, 7) is 0. The maximum absolute atomic E-state index is 6.92. The quantitative estimate of drug-likeness (QED) is 0.151. The van der Waals surface area contributed by atoms with Gasteiger partial charge in [0.15, 0.2) is 0 Å². The molecule has 0 saturated carbocycles. The minimum atomic E-state index is 0.795. The van der Waals surface area contributed by atoms with E-state index in [0.717, 1.165) is 165 Å². The highest BCUT2D eigenvalue weighted by Gasteiger charge is 2.23. The second kappa shape index (κ2) is 19.6. The average molecular weight is 1180 g/mol. The van der Waals surface area contributed by atoms with Crippen LogP contribution in [0.25, 0.3) is 164 Å². The van der Waals surface area contributed by atoms with Gasteiger partial charge >= 0.3 is 0 Å². The minimum absolute atomic E-state index is 0.795. The van der Waals surface area contributed by atoms with E-state index >= 15 is 0 Å². The molecule has 6 heteroatoms. The van der Waals surface area contributed by atoms with Gasteiger partial charge in [0.05, 0.1) is 0 Å². The van der Waals surface area contributed by atoms with Gasteiger partial charge in [-0.3, -0.25) is 0 Å². The molecule has 0 saturated heterocycles. The summed E-state index contributed by atoms with van der Waals surface area (Å²) in [5.74, 6) is 0. The van der Waals surface area contributed by atoms with Gasteiger partial charge in [0, 0.05) is 112 Å². The lowest BCUT2D eigenvalue weighted by Gasteiger charge is -2.25. The summed E-state index contributed by atoms with van der Waals surface area (Å²) in [7, 11) is 0. The summed E-state index contributed by atoms with van der Waals surface area (Å²) in [5, 5.41) is 20.1. The first-order valence-electron chi connectivity index (χ1n) is 31.2. The number of nitrogens with zero attached hydrogens (tertiary/aromatic N) is 2. The summed E-state index contributed by atoms with van der Waals surface area (Å²) in [6.07, 6.45) is 0. The first-order valence-corrected chi connectivity index (χ1v) is 31.2. The van der Waals surface area contributed by atoms with Gasteiger partial charge in [0.2, 0.25) is 0 Å². The third-order valence-corrected chi connectivity index (χ3v) is 19.2. The van der Waals surface area contributed by atoms with Crippen molar-refractivity contribution in [3.63, 3.8) is 0 Å². The Balaban J connectivity index is 0.686. The van der Waals surface area contributed by atoms with E-state index in [4.69, 9.17) is 17.7 Å². The van der Waals surface area contributed by atoms with Gasteiger partial charge in [0.25, 0.3) is 0 Å². The number of hydrogen-bond acceptors (Lipinski definition) is 6. The Morgan fingerprint density at radius 1 is 0.174 bits per heavy atom. The Labute approximate surface area is 525 Å². The van der Waals surface area contributed by atoms with E-state index in [1.54, 1.807) is 0 Å². The van der Waals surface area contributed by atoms with Gasteiger partial charge in [0.1, 0.15) is 44.7 Å². The molecule has 0 aliphatic heterocycles. The standard InChI is InChI=1S/C86H50N2O4/c1-5-17-65-51(11-1)15-9-21-67(65)55-23-29-59(30-24-55)87(63-33-39-71-75-37-27-53-13-3-7-19-69(53)85(75)91-83(71)49-63)61-35-41-73-77-43-57-44-78-74-42-36-62(48-82(74)90-80(78)46-58(57)45-79(77)89-81(73)47-61)88(60-31-25-56(26-32-60)68-22-10-16-52-12-2-6-18-66(52)68)64-34-40-72-76-38-28-54-14-4-8-20-70(54)86(76)92-84(72)50-64/h1-50H. The fourth-order valence-corrected chi connectivity index (χ4v) is 14.7. The predicted molar refractivity (Wildman–Crippen MR) is 383 cm³/mol. The van der Waals surface area contributed by atoms with Crippen LogP contribution in [-0.2, 0) is 0 Å². The number of benzene rings is 16. The van der Waals surface area contributed by atoms with Gasteiger partial charge in [-0.25, -0.2) is 0 Å². The Bertz CT molecular complexity index is 6060. The molecule has 0 fully saturated rings. The third-order valence-electron chi connectivity index (χ3n) is 19.2. The zero-order valence-corrected chi connectivity index (χ0v) is 49.4. The van der Waals surface area contributed by atoms with Crippen molar-refractivity contribution in [3.8, 4) is 22.3 Å². The number of fused-ring (bicyclic) bond motifs is 19. The van der Waals surface area contributed by atoms with Crippen molar-refractivity contribution in [1.82, 2.24) is 0 Å². The van der Waals surface area contributed by atoms with Crippen LogP contribution in [0.4, 0.5) is 34.1 Å². The number of furan rings is 4. The molecule has 16 aromatic carbocycles. The van der Waals surface area contributed by atoms with Crippen LogP contribution < -0.4 is 9.80 Å². The van der Waals surface area contributed by atoms with Gasteiger partial charge in [-0.05, 0) is 175 Å². The number of anilines is 6. The molecular formula is C86H50N2O4. The van der Waals surface area contributed by atoms with Crippen molar-refractivity contribution in [2.45, 2.75) is 0 Å². The zero-order valence-electron chi connectivity index (χ0n) is 49.4. The molecule has 0 spiro atoms. The molecule has 0 unspecified atom stereocenters. The van der Waals surface area contributed by atoms with Gasteiger partial charge in [-0.15, -0.1) is 0 Å². The fraction of sp³-hybridized carbons (Fsp3) is 0. The summed E-state index contributed by atoms with van der Waals surface area (Å²) >= 11 is 0. The van der Waals surface area contributed by atoms with Gasteiger partial charge in [-0.1, -0.05) is 170 Å². The van der Waals surface area contributed by atoms with E-state index in [2.05, 4.69) is 313 Å². The lowest BCUT2D eigenvalue weighted by Crippen LogP contribution is -2.09. The van der Waals surface area contributed by atoms with Crippen LogP contribution in [-0.4, -0.2) is 0 Å². The van der Waals surface area contributed by atoms with Crippen LogP contribution in [0.3, 0.4) is 0 Å². The minimum Gasteiger partial charge on any atom is -0.456 e. The maximum Gasteiger partial charge on any atom is 0.143 e.